The molecule has 0 fully saturated rings. The second kappa shape index (κ2) is 7.60. The fourth-order valence-electron chi connectivity index (χ4n) is 2.00. The van der Waals surface area contributed by atoms with Crippen molar-refractivity contribution in [3.05, 3.63) is 48.0 Å². The number of hydrogen-bond donors (Lipinski definition) is 2. The van der Waals surface area contributed by atoms with Gasteiger partial charge in [0, 0.05) is 23.0 Å². The molecule has 0 spiro atoms. The summed E-state index contributed by atoms with van der Waals surface area (Å²) in [5.74, 6) is 1.30. The largest absolute Gasteiger partial charge is 0.493 e. The highest BCUT2D eigenvalue weighted by Crippen LogP contribution is 2.29. The van der Waals surface area contributed by atoms with Crippen molar-refractivity contribution in [2.24, 2.45) is 0 Å². The lowest BCUT2D eigenvalue weighted by Crippen LogP contribution is -2.19. The quantitative estimate of drug-likeness (QED) is 0.644. The van der Waals surface area contributed by atoms with Gasteiger partial charge in [0.1, 0.15) is 0 Å². The number of benzene rings is 2. The summed E-state index contributed by atoms with van der Waals surface area (Å²) in [5, 5.41) is 6.57. The topological polar surface area (TPSA) is 59.6 Å². The highest BCUT2D eigenvalue weighted by atomic mass is 32.1. The minimum atomic E-state index is 0.0302. The van der Waals surface area contributed by atoms with Crippen LogP contribution in [0.2, 0.25) is 0 Å². The fourth-order valence-corrected chi connectivity index (χ4v) is 2.23. The molecule has 0 radical (unpaired) electrons. The Balaban J connectivity index is 2.03. The Kier molecular flexibility index (Phi) is 5.54. The van der Waals surface area contributed by atoms with Crippen molar-refractivity contribution in [1.82, 2.24) is 0 Å². The van der Waals surface area contributed by atoms with Crippen LogP contribution in [0.1, 0.15) is 17.3 Å². The van der Waals surface area contributed by atoms with Crippen molar-refractivity contribution in [2.75, 3.05) is 24.9 Å². The molecule has 0 saturated heterocycles. The minimum absolute atomic E-state index is 0.0302. The van der Waals surface area contributed by atoms with Gasteiger partial charge in [-0.1, -0.05) is 0 Å². The first-order valence-electron chi connectivity index (χ1n) is 6.94. The second-order valence-electron chi connectivity index (χ2n) is 4.78. The van der Waals surface area contributed by atoms with Gasteiger partial charge in [-0.05, 0) is 55.5 Å². The number of methoxy groups -OCH3 is 2. The van der Waals surface area contributed by atoms with E-state index in [1.807, 2.05) is 6.07 Å². The maximum absolute atomic E-state index is 11.3. The molecule has 0 unspecified atom stereocenters. The highest BCUT2D eigenvalue weighted by Gasteiger charge is 2.06. The van der Waals surface area contributed by atoms with Gasteiger partial charge in [-0.2, -0.15) is 0 Å². The second-order valence-corrected chi connectivity index (χ2v) is 5.19. The summed E-state index contributed by atoms with van der Waals surface area (Å²) in [5.41, 5.74) is 2.24. The number of rotatable bonds is 5. The maximum atomic E-state index is 11.3. The van der Waals surface area contributed by atoms with E-state index < -0.39 is 0 Å². The van der Waals surface area contributed by atoms with Crippen LogP contribution < -0.4 is 20.1 Å². The van der Waals surface area contributed by atoms with E-state index in [1.54, 1.807) is 50.6 Å². The van der Waals surface area contributed by atoms with Crippen LogP contribution >= 0.6 is 12.2 Å². The van der Waals surface area contributed by atoms with Gasteiger partial charge in [0.15, 0.2) is 22.4 Å². The molecule has 2 aromatic carbocycles. The molecular weight excluding hydrogens is 312 g/mol. The molecule has 0 saturated carbocycles. The molecule has 0 atom stereocenters. The lowest BCUT2D eigenvalue weighted by Gasteiger charge is -2.13. The third-order valence-electron chi connectivity index (χ3n) is 3.19. The van der Waals surface area contributed by atoms with Gasteiger partial charge in [-0.3, -0.25) is 4.79 Å². The standard InChI is InChI=1S/C17H18N2O3S/c1-11(20)12-4-6-13(7-5-12)18-17(23)19-14-8-9-15(21-2)16(10-14)22-3/h4-10H,1-3H3,(H2,18,19,23). The average molecular weight is 330 g/mol. The van der Waals surface area contributed by atoms with E-state index in [-0.39, 0.29) is 5.78 Å². The molecule has 2 aromatic rings. The number of anilines is 2. The zero-order valence-electron chi connectivity index (χ0n) is 13.2. The van der Waals surface area contributed by atoms with Crippen molar-refractivity contribution in [1.29, 1.82) is 0 Å². The summed E-state index contributed by atoms with van der Waals surface area (Å²) in [6.07, 6.45) is 0. The summed E-state index contributed by atoms with van der Waals surface area (Å²) in [4.78, 5) is 11.3. The Morgan fingerprint density at radius 2 is 1.48 bits per heavy atom. The molecular formula is C17H18N2O3S. The third kappa shape index (κ3) is 4.43. The van der Waals surface area contributed by atoms with Crippen molar-refractivity contribution < 1.29 is 14.3 Å². The highest BCUT2D eigenvalue weighted by molar-refractivity contribution is 7.80. The molecule has 2 N–H and O–H groups in total. The SMILES string of the molecule is COc1ccc(NC(=S)Nc2ccc(C(C)=O)cc2)cc1OC. The Hall–Kier alpha value is -2.60. The monoisotopic (exact) mass is 330 g/mol. The van der Waals surface area contributed by atoms with Gasteiger partial charge in [0.25, 0.3) is 0 Å². The van der Waals surface area contributed by atoms with Crippen molar-refractivity contribution in [2.45, 2.75) is 6.92 Å². The van der Waals surface area contributed by atoms with E-state index in [9.17, 15) is 4.79 Å². The molecule has 23 heavy (non-hydrogen) atoms. The summed E-state index contributed by atoms with van der Waals surface area (Å²) in [7, 11) is 3.16. The van der Waals surface area contributed by atoms with Gasteiger partial charge in [0.05, 0.1) is 14.2 Å². The predicted molar refractivity (Wildman–Crippen MR) is 95.8 cm³/mol. The first-order valence-corrected chi connectivity index (χ1v) is 7.35. The van der Waals surface area contributed by atoms with Crippen molar-refractivity contribution in [3.63, 3.8) is 0 Å². The van der Waals surface area contributed by atoms with Crippen LogP contribution in [0.25, 0.3) is 0 Å². The van der Waals surface area contributed by atoms with Gasteiger partial charge in [0.2, 0.25) is 0 Å². The van der Waals surface area contributed by atoms with E-state index in [0.717, 1.165) is 11.4 Å². The van der Waals surface area contributed by atoms with Crippen LogP contribution in [0.4, 0.5) is 11.4 Å². The van der Waals surface area contributed by atoms with Crippen molar-refractivity contribution >= 4 is 34.5 Å². The molecule has 0 aromatic heterocycles. The van der Waals surface area contributed by atoms with E-state index in [1.165, 1.54) is 6.92 Å². The average Bonchev–Trinajstić information content (AvgIpc) is 2.55. The van der Waals surface area contributed by atoms with Crippen LogP contribution in [-0.4, -0.2) is 25.1 Å². The van der Waals surface area contributed by atoms with Gasteiger partial charge >= 0.3 is 0 Å². The van der Waals surface area contributed by atoms with E-state index in [0.29, 0.717) is 22.2 Å². The van der Waals surface area contributed by atoms with Crippen LogP contribution in [0.5, 0.6) is 11.5 Å². The molecule has 6 heteroatoms. The Labute approximate surface area is 140 Å². The van der Waals surface area contributed by atoms with Crippen LogP contribution in [0.3, 0.4) is 0 Å². The lowest BCUT2D eigenvalue weighted by molar-refractivity contribution is 0.101. The fraction of sp³-hybridized carbons (Fsp3) is 0.176. The first kappa shape index (κ1) is 16.8. The molecule has 5 nitrogen and oxygen atoms in total. The van der Waals surface area contributed by atoms with E-state index >= 15 is 0 Å². The molecule has 0 aliphatic heterocycles. The minimum Gasteiger partial charge on any atom is -0.493 e. The normalized spacial score (nSPS) is 9.87. The number of Topliss-reactive ketones (excluding diaryl/α,β-unsaturated/α-hetero) is 1. The molecule has 0 bridgehead atoms. The maximum Gasteiger partial charge on any atom is 0.175 e. The Morgan fingerprint density at radius 3 is 2.04 bits per heavy atom. The Bertz CT molecular complexity index is 714. The van der Waals surface area contributed by atoms with Crippen LogP contribution in [0, 0.1) is 0 Å². The zero-order valence-corrected chi connectivity index (χ0v) is 14.0. The van der Waals surface area contributed by atoms with Crippen LogP contribution in [-0.2, 0) is 0 Å². The first-order chi connectivity index (χ1) is 11.0. The van der Waals surface area contributed by atoms with E-state index in [2.05, 4.69) is 10.6 Å². The van der Waals surface area contributed by atoms with E-state index in [4.69, 9.17) is 21.7 Å². The number of nitrogens with one attached hydrogen (secondary N) is 2. The number of carbonyl (C=O) groups excluding carboxylic acids is 1. The summed E-state index contributed by atoms with van der Waals surface area (Å²) in [6, 6.07) is 12.6. The summed E-state index contributed by atoms with van der Waals surface area (Å²) < 4.78 is 10.4. The smallest absolute Gasteiger partial charge is 0.175 e. The molecule has 0 aliphatic carbocycles. The number of carbonyl (C=O) groups is 1. The predicted octanol–water partition coefficient (Wildman–Crippen LogP) is 3.72. The zero-order chi connectivity index (χ0) is 16.8. The molecule has 0 heterocycles. The molecule has 0 aliphatic rings. The van der Waals surface area contributed by atoms with Gasteiger partial charge in [-0.15, -0.1) is 0 Å². The lowest BCUT2D eigenvalue weighted by atomic mass is 10.1. The van der Waals surface area contributed by atoms with Crippen molar-refractivity contribution in [3.8, 4) is 11.5 Å². The Morgan fingerprint density at radius 1 is 0.913 bits per heavy atom. The van der Waals surface area contributed by atoms with Gasteiger partial charge < -0.3 is 20.1 Å². The number of thiocarbonyl (C=S) groups is 1. The molecule has 0 amide bonds. The third-order valence-corrected chi connectivity index (χ3v) is 3.39. The number of hydrogen-bond acceptors (Lipinski definition) is 4. The summed E-state index contributed by atoms with van der Waals surface area (Å²) >= 11 is 5.28. The van der Waals surface area contributed by atoms with Crippen LogP contribution in [0.15, 0.2) is 42.5 Å². The summed E-state index contributed by atoms with van der Waals surface area (Å²) in [6.45, 7) is 1.53. The molecule has 2 rings (SSSR count). The number of ether oxygens (including phenoxy) is 2. The number of ketones is 1. The van der Waals surface area contributed by atoms with Gasteiger partial charge in [-0.25, -0.2) is 0 Å². The molecule has 120 valence electrons.